The van der Waals surface area contributed by atoms with Crippen molar-refractivity contribution >= 4 is 17.5 Å². The second-order valence-corrected chi connectivity index (χ2v) is 6.86. The van der Waals surface area contributed by atoms with Crippen molar-refractivity contribution in [3.63, 3.8) is 0 Å². The maximum Gasteiger partial charge on any atom is 0.290 e. The quantitative estimate of drug-likeness (QED) is 0.718. The number of nitrogens with one attached hydrogen (secondary N) is 1. The van der Waals surface area contributed by atoms with Gasteiger partial charge in [-0.2, -0.15) is 0 Å². The van der Waals surface area contributed by atoms with Crippen LogP contribution in [0.3, 0.4) is 0 Å². The molecular weight excluding hydrogens is 372 g/mol. The molecule has 0 saturated carbocycles. The smallest absolute Gasteiger partial charge is 0.290 e. The summed E-state index contributed by atoms with van der Waals surface area (Å²) >= 11 is 0. The predicted octanol–water partition coefficient (Wildman–Crippen LogP) is 3.03. The normalized spacial score (nSPS) is 16.1. The fourth-order valence-electron chi connectivity index (χ4n) is 3.55. The molecule has 8 nitrogen and oxygen atoms in total. The number of hydrogen-bond acceptors (Lipinski definition) is 5. The molecule has 3 aromatic rings. The number of carbonyl (C=O) groups is 2. The van der Waals surface area contributed by atoms with Crippen molar-refractivity contribution in [3.05, 3.63) is 60.4 Å². The van der Waals surface area contributed by atoms with Gasteiger partial charge in [0.1, 0.15) is 11.9 Å². The fourth-order valence-corrected chi connectivity index (χ4v) is 3.55. The summed E-state index contributed by atoms with van der Waals surface area (Å²) < 4.78 is 12.3. The van der Waals surface area contributed by atoms with Crippen LogP contribution < -0.4 is 10.1 Å². The van der Waals surface area contributed by atoms with Crippen LogP contribution in [0.1, 0.15) is 29.2 Å². The van der Waals surface area contributed by atoms with E-state index >= 15 is 0 Å². The lowest BCUT2D eigenvalue weighted by molar-refractivity contribution is -0.119. The number of rotatable bonds is 5. The van der Waals surface area contributed by atoms with Crippen molar-refractivity contribution in [2.24, 2.45) is 0 Å². The highest BCUT2D eigenvalue weighted by molar-refractivity contribution is 6.00. The Morgan fingerprint density at radius 1 is 1.21 bits per heavy atom. The molecule has 1 saturated heterocycles. The molecule has 2 aromatic heterocycles. The second-order valence-electron chi connectivity index (χ2n) is 6.86. The van der Waals surface area contributed by atoms with E-state index in [9.17, 15) is 9.59 Å². The maximum absolute atomic E-state index is 12.8. The van der Waals surface area contributed by atoms with E-state index in [0.717, 1.165) is 17.9 Å². The van der Waals surface area contributed by atoms with Crippen molar-refractivity contribution in [1.29, 1.82) is 0 Å². The van der Waals surface area contributed by atoms with E-state index in [4.69, 9.17) is 9.15 Å². The van der Waals surface area contributed by atoms with E-state index in [1.807, 2.05) is 42.0 Å². The number of anilines is 1. The Morgan fingerprint density at radius 2 is 2.00 bits per heavy atom. The maximum atomic E-state index is 12.8. The number of methoxy groups -OCH3 is 1. The van der Waals surface area contributed by atoms with Crippen molar-refractivity contribution in [2.45, 2.75) is 25.8 Å². The van der Waals surface area contributed by atoms with Gasteiger partial charge in [-0.05, 0) is 50.1 Å². The van der Waals surface area contributed by atoms with Gasteiger partial charge in [0.15, 0.2) is 5.76 Å². The van der Waals surface area contributed by atoms with E-state index in [2.05, 4.69) is 10.3 Å². The van der Waals surface area contributed by atoms with Gasteiger partial charge in [-0.1, -0.05) is 0 Å². The van der Waals surface area contributed by atoms with Crippen LogP contribution in [0, 0.1) is 6.92 Å². The summed E-state index contributed by atoms with van der Waals surface area (Å²) in [5.74, 6) is 0.803. The summed E-state index contributed by atoms with van der Waals surface area (Å²) in [4.78, 5) is 31.3. The highest BCUT2D eigenvalue weighted by atomic mass is 16.6. The third kappa shape index (κ3) is 3.73. The number of imidazole rings is 1. The van der Waals surface area contributed by atoms with Gasteiger partial charge < -0.3 is 23.9 Å². The van der Waals surface area contributed by atoms with Gasteiger partial charge in [-0.3, -0.25) is 9.59 Å². The van der Waals surface area contributed by atoms with Gasteiger partial charge in [-0.25, -0.2) is 4.98 Å². The molecule has 29 heavy (non-hydrogen) atoms. The highest BCUT2D eigenvalue weighted by Crippen LogP contribution is 2.24. The van der Waals surface area contributed by atoms with Gasteiger partial charge in [0, 0.05) is 36.4 Å². The molecule has 3 heterocycles. The minimum Gasteiger partial charge on any atom is -0.468 e. The fraction of sp³-hybridized carbons (Fsp3) is 0.286. The minimum atomic E-state index is -0.533. The summed E-state index contributed by atoms with van der Waals surface area (Å²) in [6.45, 7) is 2.44. The number of aromatic nitrogens is 2. The first kappa shape index (κ1) is 18.8. The van der Waals surface area contributed by atoms with Gasteiger partial charge in [-0.15, -0.1) is 0 Å². The molecule has 2 amide bonds. The standard InChI is InChI=1S/C21H22N4O4/c1-14-22-11-13-24(14)16-7-5-15(6-8-16)23-20(26)17-4-3-12-25(17)21(27)18-9-10-19(28-2)29-18/h5-11,13,17H,3-4,12H2,1-2H3,(H,23,26)/t17-/m0/s1. The molecule has 0 radical (unpaired) electrons. The van der Waals surface area contributed by atoms with Gasteiger partial charge >= 0.3 is 0 Å². The van der Waals surface area contributed by atoms with Gasteiger partial charge in [0.2, 0.25) is 5.91 Å². The molecule has 1 aliphatic rings. The number of aryl methyl sites for hydroxylation is 1. The highest BCUT2D eigenvalue weighted by Gasteiger charge is 2.35. The second kappa shape index (κ2) is 7.83. The molecule has 0 unspecified atom stereocenters. The van der Waals surface area contributed by atoms with Crippen LogP contribution in [0.15, 0.2) is 53.2 Å². The summed E-state index contributed by atoms with van der Waals surface area (Å²) in [5.41, 5.74) is 1.64. The summed E-state index contributed by atoms with van der Waals surface area (Å²) in [6.07, 6.45) is 5.00. The molecule has 1 aromatic carbocycles. The molecule has 1 aliphatic heterocycles. The topological polar surface area (TPSA) is 89.6 Å². The molecule has 0 spiro atoms. The Bertz CT molecular complexity index is 1020. The van der Waals surface area contributed by atoms with Crippen molar-refractivity contribution in [2.75, 3.05) is 19.0 Å². The number of furan rings is 1. The average Bonchev–Trinajstić information content (AvgIpc) is 3.48. The van der Waals surface area contributed by atoms with Crippen LogP contribution in [-0.4, -0.2) is 46.0 Å². The van der Waals surface area contributed by atoms with Crippen molar-refractivity contribution < 1.29 is 18.7 Å². The molecule has 150 valence electrons. The van der Waals surface area contributed by atoms with E-state index in [1.165, 1.54) is 7.11 Å². The van der Waals surface area contributed by atoms with E-state index in [1.54, 1.807) is 23.2 Å². The van der Waals surface area contributed by atoms with E-state index in [-0.39, 0.29) is 23.5 Å². The molecule has 0 aliphatic carbocycles. The molecule has 1 fully saturated rings. The molecule has 0 bridgehead atoms. The molecule has 1 atom stereocenters. The number of amides is 2. The molecule has 1 N–H and O–H groups in total. The number of hydrogen-bond donors (Lipinski definition) is 1. The number of benzene rings is 1. The third-order valence-corrected chi connectivity index (χ3v) is 5.05. The van der Waals surface area contributed by atoms with Gasteiger partial charge in [0.25, 0.3) is 11.9 Å². The summed E-state index contributed by atoms with van der Waals surface area (Å²) in [6, 6.07) is 10.1. The Hall–Kier alpha value is -3.55. The number of nitrogens with zero attached hydrogens (tertiary/aromatic N) is 3. The zero-order chi connectivity index (χ0) is 20.4. The number of likely N-dealkylation sites (tertiary alicyclic amines) is 1. The molecule has 8 heteroatoms. The van der Waals surface area contributed by atoms with E-state index in [0.29, 0.717) is 18.7 Å². The predicted molar refractivity (Wildman–Crippen MR) is 106 cm³/mol. The largest absolute Gasteiger partial charge is 0.468 e. The Balaban J connectivity index is 1.44. The van der Waals surface area contributed by atoms with Crippen molar-refractivity contribution in [1.82, 2.24) is 14.5 Å². The monoisotopic (exact) mass is 394 g/mol. The zero-order valence-corrected chi connectivity index (χ0v) is 16.3. The van der Waals surface area contributed by atoms with Gasteiger partial charge in [0.05, 0.1) is 7.11 Å². The third-order valence-electron chi connectivity index (χ3n) is 5.05. The first-order valence-corrected chi connectivity index (χ1v) is 9.43. The number of ether oxygens (including phenoxy) is 1. The van der Waals surface area contributed by atoms with Crippen LogP contribution >= 0.6 is 0 Å². The average molecular weight is 394 g/mol. The zero-order valence-electron chi connectivity index (χ0n) is 16.3. The van der Waals surface area contributed by atoms with Crippen LogP contribution in [-0.2, 0) is 4.79 Å². The summed E-state index contributed by atoms with van der Waals surface area (Å²) in [5, 5.41) is 2.91. The SMILES string of the molecule is COc1ccc(C(=O)N2CCC[C@H]2C(=O)Nc2ccc(-n3ccnc3C)cc2)o1. The van der Waals surface area contributed by atoms with Crippen molar-refractivity contribution in [3.8, 4) is 11.6 Å². The van der Waals surface area contributed by atoms with Crippen LogP contribution in [0.5, 0.6) is 5.95 Å². The molecule has 4 rings (SSSR count). The lowest BCUT2D eigenvalue weighted by Gasteiger charge is -2.23. The molecular formula is C21H22N4O4. The van der Waals surface area contributed by atoms with Crippen LogP contribution in [0.2, 0.25) is 0 Å². The van der Waals surface area contributed by atoms with E-state index < -0.39 is 6.04 Å². The first-order valence-electron chi connectivity index (χ1n) is 9.43. The van der Waals surface area contributed by atoms with Crippen LogP contribution in [0.4, 0.5) is 5.69 Å². The number of carbonyl (C=O) groups excluding carboxylic acids is 2. The summed E-state index contributed by atoms with van der Waals surface area (Å²) in [7, 11) is 1.47. The van der Waals surface area contributed by atoms with Crippen LogP contribution in [0.25, 0.3) is 5.69 Å². The Labute approximate surface area is 168 Å². The lowest BCUT2D eigenvalue weighted by atomic mass is 10.2. The Kier molecular flexibility index (Phi) is 5.07. The lowest BCUT2D eigenvalue weighted by Crippen LogP contribution is -2.43. The Morgan fingerprint density at radius 3 is 2.66 bits per heavy atom. The minimum absolute atomic E-state index is 0.168. The first-order chi connectivity index (χ1) is 14.1.